The number of ether oxygens (including phenoxy) is 1. The van der Waals surface area contributed by atoms with E-state index in [2.05, 4.69) is 9.97 Å². The van der Waals surface area contributed by atoms with E-state index in [1.165, 1.54) is 16.8 Å². The molecule has 0 saturated carbocycles. The molecule has 1 aromatic carbocycles. The summed E-state index contributed by atoms with van der Waals surface area (Å²) >= 11 is 0. The molecule has 8 nitrogen and oxygen atoms in total. The monoisotopic (exact) mass is 378 g/mol. The minimum atomic E-state index is -3.60. The van der Waals surface area contributed by atoms with Crippen LogP contribution in [0.5, 0.6) is 5.75 Å². The number of hydrogen-bond donors (Lipinski definition) is 1. The molecular weight excluding hydrogens is 356 g/mol. The van der Waals surface area contributed by atoms with Crippen LogP contribution in [0.25, 0.3) is 0 Å². The SMILES string of the molecule is COc1cccc(CC(=O)N2CCCN(S(=O)(=O)c3cnc[nH]3)CC2)c1. The topological polar surface area (TPSA) is 95.6 Å². The molecule has 0 aliphatic carbocycles. The van der Waals surface area contributed by atoms with Crippen LogP contribution in [0.4, 0.5) is 0 Å². The number of imidazole rings is 1. The zero-order chi connectivity index (χ0) is 18.6. The Morgan fingerprint density at radius 1 is 1.27 bits per heavy atom. The van der Waals surface area contributed by atoms with E-state index >= 15 is 0 Å². The molecule has 9 heteroatoms. The van der Waals surface area contributed by atoms with Crippen molar-refractivity contribution in [1.29, 1.82) is 0 Å². The normalized spacial score (nSPS) is 16.3. The van der Waals surface area contributed by atoms with E-state index in [0.717, 1.165) is 5.56 Å². The first-order chi connectivity index (χ1) is 12.5. The summed E-state index contributed by atoms with van der Waals surface area (Å²) in [4.78, 5) is 20.7. The van der Waals surface area contributed by atoms with Gasteiger partial charge >= 0.3 is 0 Å². The van der Waals surface area contributed by atoms with Gasteiger partial charge in [0.05, 0.1) is 26.1 Å². The van der Waals surface area contributed by atoms with Crippen molar-refractivity contribution in [3.8, 4) is 5.75 Å². The number of aromatic nitrogens is 2. The molecular formula is C17H22N4O4S. The Labute approximate surface area is 152 Å². The summed E-state index contributed by atoms with van der Waals surface area (Å²) in [7, 11) is -2.01. The van der Waals surface area contributed by atoms with Crippen molar-refractivity contribution in [2.75, 3.05) is 33.3 Å². The lowest BCUT2D eigenvalue weighted by molar-refractivity contribution is -0.130. The second-order valence-corrected chi connectivity index (χ2v) is 7.99. The van der Waals surface area contributed by atoms with E-state index in [9.17, 15) is 13.2 Å². The Kier molecular flexibility index (Phi) is 5.58. The maximum atomic E-state index is 12.6. The van der Waals surface area contributed by atoms with E-state index in [1.54, 1.807) is 12.0 Å². The number of carbonyl (C=O) groups excluding carboxylic acids is 1. The third kappa shape index (κ3) is 4.05. The van der Waals surface area contributed by atoms with Crippen molar-refractivity contribution >= 4 is 15.9 Å². The molecule has 1 amide bonds. The van der Waals surface area contributed by atoms with Gasteiger partial charge in [-0.05, 0) is 24.1 Å². The Morgan fingerprint density at radius 3 is 2.85 bits per heavy atom. The van der Waals surface area contributed by atoms with Crippen molar-refractivity contribution in [2.45, 2.75) is 17.9 Å². The van der Waals surface area contributed by atoms with E-state index in [-0.39, 0.29) is 23.9 Å². The summed E-state index contributed by atoms with van der Waals surface area (Å²) < 4.78 is 31.7. The Hall–Kier alpha value is -2.39. The van der Waals surface area contributed by atoms with Crippen LogP contribution in [-0.2, 0) is 21.2 Å². The average Bonchev–Trinajstić information content (AvgIpc) is 3.07. The number of methoxy groups -OCH3 is 1. The van der Waals surface area contributed by atoms with Crippen LogP contribution in [0.1, 0.15) is 12.0 Å². The fraction of sp³-hybridized carbons (Fsp3) is 0.412. The van der Waals surface area contributed by atoms with Crippen LogP contribution in [0.3, 0.4) is 0 Å². The standard InChI is InChI=1S/C17H22N4O4S/c1-25-15-5-2-4-14(10-15)11-17(22)20-6-3-7-21(9-8-20)26(23,24)16-12-18-13-19-16/h2,4-5,10,12-13H,3,6-9,11H2,1H3,(H,18,19). The van der Waals surface area contributed by atoms with Gasteiger partial charge in [-0.1, -0.05) is 12.1 Å². The second-order valence-electron chi connectivity index (χ2n) is 6.08. The van der Waals surface area contributed by atoms with Gasteiger partial charge < -0.3 is 14.6 Å². The summed E-state index contributed by atoms with van der Waals surface area (Å²) in [5.74, 6) is 0.696. The first kappa shape index (κ1) is 18.4. The van der Waals surface area contributed by atoms with Crippen LogP contribution < -0.4 is 4.74 Å². The average molecular weight is 378 g/mol. The fourth-order valence-electron chi connectivity index (χ4n) is 2.98. The van der Waals surface area contributed by atoms with Gasteiger partial charge in [0.15, 0.2) is 5.03 Å². The Bertz CT molecular complexity index is 851. The highest BCUT2D eigenvalue weighted by Crippen LogP contribution is 2.17. The minimum Gasteiger partial charge on any atom is -0.497 e. The summed E-state index contributed by atoms with van der Waals surface area (Å²) in [6.07, 6.45) is 3.50. The van der Waals surface area contributed by atoms with E-state index < -0.39 is 10.0 Å². The predicted octanol–water partition coefficient (Wildman–Crippen LogP) is 0.884. The predicted molar refractivity (Wildman–Crippen MR) is 95.2 cm³/mol. The summed E-state index contributed by atoms with van der Waals surface area (Å²) in [5, 5.41) is 0.0775. The Morgan fingerprint density at radius 2 is 2.12 bits per heavy atom. The summed E-state index contributed by atoms with van der Waals surface area (Å²) in [6, 6.07) is 7.40. The van der Waals surface area contributed by atoms with E-state index in [4.69, 9.17) is 4.74 Å². The largest absolute Gasteiger partial charge is 0.497 e. The number of carbonyl (C=O) groups is 1. The number of sulfonamides is 1. The van der Waals surface area contributed by atoms with Gasteiger partial charge in [-0.2, -0.15) is 4.31 Å². The first-order valence-corrected chi connectivity index (χ1v) is 9.84. The highest BCUT2D eigenvalue weighted by Gasteiger charge is 2.29. The van der Waals surface area contributed by atoms with Crippen molar-refractivity contribution in [2.24, 2.45) is 0 Å². The van der Waals surface area contributed by atoms with Gasteiger partial charge in [0, 0.05) is 26.2 Å². The molecule has 1 saturated heterocycles. The molecule has 3 rings (SSSR count). The minimum absolute atomic E-state index is 0.0148. The molecule has 0 bridgehead atoms. The van der Waals surface area contributed by atoms with Crippen molar-refractivity contribution < 1.29 is 17.9 Å². The van der Waals surface area contributed by atoms with Gasteiger partial charge in [-0.3, -0.25) is 4.79 Å². The first-order valence-electron chi connectivity index (χ1n) is 8.40. The molecule has 0 radical (unpaired) electrons. The molecule has 1 fully saturated rings. The summed E-state index contributed by atoms with van der Waals surface area (Å²) in [6.45, 7) is 1.56. The number of hydrogen-bond acceptors (Lipinski definition) is 5. The van der Waals surface area contributed by atoms with Crippen LogP contribution in [0.2, 0.25) is 0 Å². The Balaban J connectivity index is 1.64. The molecule has 0 unspecified atom stereocenters. The van der Waals surface area contributed by atoms with Gasteiger partial charge in [0.2, 0.25) is 5.91 Å². The molecule has 0 atom stereocenters. The quantitative estimate of drug-likeness (QED) is 0.833. The molecule has 2 aromatic rings. The fourth-order valence-corrected chi connectivity index (χ4v) is 4.34. The third-order valence-corrected chi connectivity index (χ3v) is 6.21. The smallest absolute Gasteiger partial charge is 0.260 e. The van der Waals surface area contributed by atoms with E-state index in [1.807, 2.05) is 24.3 Å². The van der Waals surface area contributed by atoms with Crippen molar-refractivity contribution in [1.82, 2.24) is 19.2 Å². The lowest BCUT2D eigenvalue weighted by Gasteiger charge is -2.21. The number of benzene rings is 1. The van der Waals surface area contributed by atoms with Crippen LogP contribution in [0.15, 0.2) is 41.8 Å². The molecule has 1 aliphatic heterocycles. The number of H-pyrrole nitrogens is 1. The van der Waals surface area contributed by atoms with Crippen LogP contribution in [0, 0.1) is 0 Å². The number of nitrogens with zero attached hydrogens (tertiary/aromatic N) is 3. The molecule has 1 aliphatic rings. The maximum Gasteiger partial charge on any atom is 0.260 e. The molecule has 0 spiro atoms. The second kappa shape index (κ2) is 7.88. The molecule has 2 heterocycles. The van der Waals surface area contributed by atoms with Gasteiger partial charge in [-0.15, -0.1) is 0 Å². The van der Waals surface area contributed by atoms with E-state index in [0.29, 0.717) is 31.8 Å². The molecule has 140 valence electrons. The number of rotatable bonds is 5. The summed E-state index contributed by atoms with van der Waals surface area (Å²) in [5.41, 5.74) is 0.875. The van der Waals surface area contributed by atoms with Crippen molar-refractivity contribution in [3.05, 3.63) is 42.4 Å². The maximum absolute atomic E-state index is 12.6. The third-order valence-electron chi connectivity index (χ3n) is 4.39. The zero-order valence-corrected chi connectivity index (χ0v) is 15.4. The highest BCUT2D eigenvalue weighted by atomic mass is 32.2. The van der Waals surface area contributed by atoms with Gasteiger partial charge in [-0.25, -0.2) is 13.4 Å². The van der Waals surface area contributed by atoms with Crippen LogP contribution in [-0.4, -0.2) is 66.8 Å². The lowest BCUT2D eigenvalue weighted by Crippen LogP contribution is -2.38. The molecule has 1 aromatic heterocycles. The van der Waals surface area contributed by atoms with Gasteiger partial charge in [0.25, 0.3) is 10.0 Å². The molecule has 26 heavy (non-hydrogen) atoms. The highest BCUT2D eigenvalue weighted by molar-refractivity contribution is 7.89. The molecule has 1 N–H and O–H groups in total. The zero-order valence-electron chi connectivity index (χ0n) is 14.6. The van der Waals surface area contributed by atoms with Gasteiger partial charge in [0.1, 0.15) is 5.75 Å². The number of amides is 1. The lowest BCUT2D eigenvalue weighted by atomic mass is 10.1. The van der Waals surface area contributed by atoms with Crippen LogP contribution >= 0.6 is 0 Å². The number of nitrogens with one attached hydrogen (secondary N) is 1. The van der Waals surface area contributed by atoms with Crippen molar-refractivity contribution in [3.63, 3.8) is 0 Å². The number of aromatic amines is 1.